The molecule has 9 heavy (non-hydrogen) atoms. The second kappa shape index (κ2) is 2.65. The third-order valence-electron chi connectivity index (χ3n) is 2.12. The SMILES string of the molecule is CCNC1(CF)CCC1. The predicted molar refractivity (Wildman–Crippen MR) is 36.2 cm³/mol. The number of alkyl halides is 1. The molecule has 0 heterocycles. The fourth-order valence-electron chi connectivity index (χ4n) is 1.34. The highest BCUT2D eigenvalue weighted by Crippen LogP contribution is 2.31. The summed E-state index contributed by atoms with van der Waals surface area (Å²) in [6.07, 6.45) is 3.24. The van der Waals surface area contributed by atoms with E-state index in [-0.39, 0.29) is 12.2 Å². The quantitative estimate of drug-likeness (QED) is 0.612. The van der Waals surface area contributed by atoms with Gasteiger partial charge in [0, 0.05) is 5.54 Å². The molecule has 0 atom stereocenters. The summed E-state index contributed by atoms with van der Waals surface area (Å²) >= 11 is 0. The van der Waals surface area contributed by atoms with E-state index in [4.69, 9.17) is 0 Å². The number of nitrogens with one attached hydrogen (secondary N) is 1. The first-order valence-electron chi connectivity index (χ1n) is 3.64. The summed E-state index contributed by atoms with van der Waals surface area (Å²) in [6, 6.07) is 0. The molecule has 1 aliphatic rings. The molecule has 1 fully saturated rings. The van der Waals surface area contributed by atoms with Crippen molar-refractivity contribution in [1.82, 2.24) is 5.32 Å². The zero-order valence-electron chi connectivity index (χ0n) is 5.91. The van der Waals surface area contributed by atoms with Crippen LogP contribution in [0.2, 0.25) is 0 Å². The van der Waals surface area contributed by atoms with E-state index in [0.717, 1.165) is 19.4 Å². The van der Waals surface area contributed by atoms with Crippen molar-refractivity contribution >= 4 is 0 Å². The second-order valence-corrected chi connectivity index (χ2v) is 2.80. The van der Waals surface area contributed by atoms with Crippen molar-refractivity contribution in [3.8, 4) is 0 Å². The number of rotatable bonds is 3. The summed E-state index contributed by atoms with van der Waals surface area (Å²) in [5.41, 5.74) is -0.102. The number of hydrogen-bond donors (Lipinski definition) is 1. The van der Waals surface area contributed by atoms with Crippen LogP contribution in [0.15, 0.2) is 0 Å². The zero-order chi connectivity index (χ0) is 6.74. The van der Waals surface area contributed by atoms with Crippen LogP contribution in [0.3, 0.4) is 0 Å². The lowest BCUT2D eigenvalue weighted by atomic mass is 9.78. The zero-order valence-corrected chi connectivity index (χ0v) is 5.91. The van der Waals surface area contributed by atoms with Gasteiger partial charge in [-0.05, 0) is 25.8 Å². The van der Waals surface area contributed by atoms with E-state index in [1.54, 1.807) is 0 Å². The summed E-state index contributed by atoms with van der Waals surface area (Å²) < 4.78 is 12.2. The van der Waals surface area contributed by atoms with Crippen molar-refractivity contribution in [3.05, 3.63) is 0 Å². The minimum absolute atomic E-state index is 0.102. The molecule has 0 spiro atoms. The molecule has 54 valence electrons. The Balaban J connectivity index is 2.28. The smallest absolute Gasteiger partial charge is 0.108 e. The molecule has 0 radical (unpaired) electrons. The molecule has 1 rings (SSSR count). The Labute approximate surface area is 55.6 Å². The Kier molecular flexibility index (Phi) is 2.06. The van der Waals surface area contributed by atoms with Gasteiger partial charge >= 0.3 is 0 Å². The summed E-state index contributed by atoms with van der Waals surface area (Å²) in [4.78, 5) is 0. The first-order chi connectivity index (χ1) is 4.33. The van der Waals surface area contributed by atoms with Crippen LogP contribution in [-0.4, -0.2) is 18.8 Å². The van der Waals surface area contributed by atoms with E-state index in [9.17, 15) is 4.39 Å². The van der Waals surface area contributed by atoms with E-state index >= 15 is 0 Å². The van der Waals surface area contributed by atoms with Gasteiger partial charge in [0.25, 0.3) is 0 Å². The average molecular weight is 131 g/mol. The fraction of sp³-hybridized carbons (Fsp3) is 1.00. The van der Waals surface area contributed by atoms with Crippen molar-refractivity contribution in [2.45, 2.75) is 31.7 Å². The maximum absolute atomic E-state index is 12.2. The van der Waals surface area contributed by atoms with Gasteiger partial charge in [-0.15, -0.1) is 0 Å². The highest BCUT2D eigenvalue weighted by atomic mass is 19.1. The van der Waals surface area contributed by atoms with Crippen LogP contribution in [-0.2, 0) is 0 Å². The van der Waals surface area contributed by atoms with Crippen LogP contribution in [0.25, 0.3) is 0 Å². The summed E-state index contributed by atoms with van der Waals surface area (Å²) in [5, 5.41) is 3.17. The Hall–Kier alpha value is -0.110. The van der Waals surface area contributed by atoms with Gasteiger partial charge in [-0.3, -0.25) is 0 Å². The lowest BCUT2D eigenvalue weighted by Gasteiger charge is -2.40. The van der Waals surface area contributed by atoms with Gasteiger partial charge in [0.15, 0.2) is 0 Å². The van der Waals surface area contributed by atoms with Gasteiger partial charge in [0.05, 0.1) is 0 Å². The monoisotopic (exact) mass is 131 g/mol. The maximum atomic E-state index is 12.2. The lowest BCUT2D eigenvalue weighted by Crippen LogP contribution is -2.52. The van der Waals surface area contributed by atoms with E-state index < -0.39 is 0 Å². The first-order valence-corrected chi connectivity index (χ1v) is 3.64. The highest BCUT2D eigenvalue weighted by molar-refractivity contribution is 4.94. The molecular weight excluding hydrogens is 117 g/mol. The second-order valence-electron chi connectivity index (χ2n) is 2.80. The normalized spacial score (nSPS) is 23.3. The van der Waals surface area contributed by atoms with Crippen LogP contribution >= 0.6 is 0 Å². The lowest BCUT2D eigenvalue weighted by molar-refractivity contribution is 0.143. The standard InChI is InChI=1S/C7H14FN/c1-2-9-7(6-8)4-3-5-7/h9H,2-6H2,1H3. The van der Waals surface area contributed by atoms with Crippen molar-refractivity contribution in [3.63, 3.8) is 0 Å². The predicted octanol–water partition coefficient (Wildman–Crippen LogP) is 1.49. The number of hydrogen-bond acceptors (Lipinski definition) is 1. The van der Waals surface area contributed by atoms with Gasteiger partial charge in [0.1, 0.15) is 6.67 Å². The molecule has 0 aromatic heterocycles. The minimum atomic E-state index is -0.194. The molecule has 0 bridgehead atoms. The van der Waals surface area contributed by atoms with Gasteiger partial charge in [-0.1, -0.05) is 6.92 Å². The largest absolute Gasteiger partial charge is 0.309 e. The molecular formula is C7H14FN. The molecule has 0 unspecified atom stereocenters. The van der Waals surface area contributed by atoms with Crippen molar-refractivity contribution in [2.75, 3.05) is 13.2 Å². The van der Waals surface area contributed by atoms with Crippen LogP contribution in [0.5, 0.6) is 0 Å². The van der Waals surface area contributed by atoms with Crippen molar-refractivity contribution < 1.29 is 4.39 Å². The first kappa shape index (κ1) is 7.00. The van der Waals surface area contributed by atoms with Gasteiger partial charge in [0.2, 0.25) is 0 Å². The van der Waals surface area contributed by atoms with E-state index in [2.05, 4.69) is 5.32 Å². The van der Waals surface area contributed by atoms with E-state index in [0.29, 0.717) is 0 Å². The molecule has 0 aromatic rings. The molecule has 2 heteroatoms. The molecule has 1 N–H and O–H groups in total. The van der Waals surface area contributed by atoms with Crippen molar-refractivity contribution in [2.24, 2.45) is 0 Å². The molecule has 0 aromatic carbocycles. The van der Waals surface area contributed by atoms with Gasteiger partial charge in [-0.2, -0.15) is 0 Å². The minimum Gasteiger partial charge on any atom is -0.309 e. The summed E-state index contributed by atoms with van der Waals surface area (Å²) in [6.45, 7) is 2.72. The summed E-state index contributed by atoms with van der Waals surface area (Å²) in [7, 11) is 0. The maximum Gasteiger partial charge on any atom is 0.108 e. The highest BCUT2D eigenvalue weighted by Gasteiger charge is 2.35. The molecule has 0 aliphatic heterocycles. The fourth-order valence-corrected chi connectivity index (χ4v) is 1.34. The Morgan fingerprint density at radius 3 is 2.33 bits per heavy atom. The van der Waals surface area contributed by atoms with Crippen LogP contribution in [0.1, 0.15) is 26.2 Å². The van der Waals surface area contributed by atoms with Crippen LogP contribution in [0.4, 0.5) is 4.39 Å². The molecule has 1 saturated carbocycles. The topological polar surface area (TPSA) is 12.0 Å². The molecule has 0 saturated heterocycles. The Morgan fingerprint density at radius 2 is 2.22 bits per heavy atom. The third-order valence-corrected chi connectivity index (χ3v) is 2.12. The molecule has 1 aliphatic carbocycles. The molecule has 0 amide bonds. The van der Waals surface area contributed by atoms with E-state index in [1.165, 1.54) is 6.42 Å². The van der Waals surface area contributed by atoms with Crippen molar-refractivity contribution in [1.29, 1.82) is 0 Å². The van der Waals surface area contributed by atoms with Gasteiger partial charge in [-0.25, -0.2) is 4.39 Å². The van der Waals surface area contributed by atoms with Crippen LogP contribution in [0, 0.1) is 0 Å². The Bertz CT molecular complexity index is 83.4. The average Bonchev–Trinajstić information content (AvgIpc) is 1.79. The third kappa shape index (κ3) is 1.23. The van der Waals surface area contributed by atoms with Gasteiger partial charge < -0.3 is 5.32 Å². The summed E-state index contributed by atoms with van der Waals surface area (Å²) in [5.74, 6) is 0. The van der Waals surface area contributed by atoms with E-state index in [1.807, 2.05) is 6.92 Å². The molecule has 1 nitrogen and oxygen atoms in total. The number of halogens is 1. The Morgan fingerprint density at radius 1 is 1.56 bits per heavy atom. The van der Waals surface area contributed by atoms with Crippen LogP contribution < -0.4 is 5.32 Å².